The first-order valence-corrected chi connectivity index (χ1v) is 7.85. The van der Waals surface area contributed by atoms with Crippen LogP contribution in [0.4, 0.5) is 5.69 Å². The number of aliphatic hydroxyl groups is 1. The first kappa shape index (κ1) is 16.5. The predicted octanol–water partition coefficient (Wildman–Crippen LogP) is 1.64. The van der Waals surface area contributed by atoms with Crippen molar-refractivity contribution in [2.24, 2.45) is 5.92 Å². The third-order valence-electron chi connectivity index (χ3n) is 4.12. The Balaban J connectivity index is 1.95. The first-order chi connectivity index (χ1) is 10.5. The third kappa shape index (κ3) is 4.07. The van der Waals surface area contributed by atoms with E-state index in [1.807, 2.05) is 32.0 Å². The highest BCUT2D eigenvalue weighted by atomic mass is 16.3. The highest BCUT2D eigenvalue weighted by molar-refractivity contribution is 6.39. The average molecular weight is 304 g/mol. The lowest BCUT2D eigenvalue weighted by Crippen LogP contribution is -2.44. The van der Waals surface area contributed by atoms with E-state index in [-0.39, 0.29) is 18.6 Å². The van der Waals surface area contributed by atoms with Crippen LogP contribution in [-0.4, -0.2) is 29.6 Å². The van der Waals surface area contributed by atoms with E-state index in [1.54, 1.807) is 0 Å². The Morgan fingerprint density at radius 3 is 2.59 bits per heavy atom. The number of hydrogen-bond donors (Lipinski definition) is 3. The largest absolute Gasteiger partial charge is 0.396 e. The normalized spacial score (nSPS) is 14.5. The number of aliphatic hydroxyl groups excluding tert-OH is 1. The number of carbonyl (C=O) groups is 2. The van der Waals surface area contributed by atoms with E-state index in [0.29, 0.717) is 12.1 Å². The van der Waals surface area contributed by atoms with Crippen molar-refractivity contribution >= 4 is 17.5 Å². The number of anilines is 1. The van der Waals surface area contributed by atoms with E-state index in [0.717, 1.165) is 19.3 Å². The number of carbonyl (C=O) groups excluding carboxylic acids is 2. The molecule has 1 unspecified atom stereocenters. The van der Waals surface area contributed by atoms with Crippen molar-refractivity contribution in [2.45, 2.75) is 45.6 Å². The van der Waals surface area contributed by atoms with Gasteiger partial charge in [-0.3, -0.25) is 9.59 Å². The number of hydrogen-bond acceptors (Lipinski definition) is 3. The molecule has 0 spiro atoms. The van der Waals surface area contributed by atoms with Crippen LogP contribution < -0.4 is 10.6 Å². The molecule has 1 aliphatic carbocycles. The molecular weight excluding hydrogens is 280 g/mol. The van der Waals surface area contributed by atoms with Crippen LogP contribution in [0.25, 0.3) is 0 Å². The molecule has 5 nitrogen and oxygen atoms in total. The first-order valence-electron chi connectivity index (χ1n) is 7.85. The smallest absolute Gasteiger partial charge is 0.313 e. The van der Waals surface area contributed by atoms with Crippen LogP contribution in [-0.2, 0) is 22.4 Å². The lowest BCUT2D eigenvalue weighted by Gasteiger charge is -2.21. The minimum atomic E-state index is -0.665. The molecule has 22 heavy (non-hydrogen) atoms. The van der Waals surface area contributed by atoms with Gasteiger partial charge in [0.25, 0.3) is 0 Å². The Hall–Kier alpha value is -1.88. The summed E-state index contributed by atoms with van der Waals surface area (Å²) in [6, 6.07) is 5.59. The Labute approximate surface area is 131 Å². The Morgan fingerprint density at radius 2 is 1.91 bits per heavy atom. The van der Waals surface area contributed by atoms with Gasteiger partial charge < -0.3 is 15.7 Å². The molecule has 1 aromatic carbocycles. The Bertz CT molecular complexity index is 555. The number of benzene rings is 1. The van der Waals surface area contributed by atoms with Gasteiger partial charge in [0.2, 0.25) is 0 Å². The summed E-state index contributed by atoms with van der Waals surface area (Å²) in [5, 5.41) is 14.3. The SMILES string of the molecule is CC(C)C(CCO)NC(=O)C(=O)Nc1ccc2c(c1)CCC2. The standard InChI is InChI=1S/C17H24N2O3/c1-11(2)15(8-9-20)19-17(22)16(21)18-14-7-6-12-4-3-5-13(12)10-14/h6-7,10-11,15,20H,3-5,8-9H2,1-2H3,(H,18,21)(H,19,22). The van der Waals surface area contributed by atoms with E-state index < -0.39 is 11.8 Å². The molecule has 0 fully saturated rings. The van der Waals surface area contributed by atoms with Crippen LogP contribution in [0.2, 0.25) is 0 Å². The van der Waals surface area contributed by atoms with E-state index in [2.05, 4.69) is 10.6 Å². The zero-order chi connectivity index (χ0) is 16.1. The maximum Gasteiger partial charge on any atom is 0.313 e. The van der Waals surface area contributed by atoms with Gasteiger partial charge >= 0.3 is 11.8 Å². The molecule has 1 aliphatic rings. The fourth-order valence-electron chi connectivity index (χ4n) is 2.78. The molecule has 0 bridgehead atoms. The van der Waals surface area contributed by atoms with Crippen LogP contribution >= 0.6 is 0 Å². The summed E-state index contributed by atoms with van der Waals surface area (Å²) in [4.78, 5) is 24.0. The number of fused-ring (bicyclic) bond motifs is 1. The minimum absolute atomic E-state index is 0.0183. The van der Waals surface area contributed by atoms with Crippen LogP contribution in [0.3, 0.4) is 0 Å². The van der Waals surface area contributed by atoms with E-state index >= 15 is 0 Å². The van der Waals surface area contributed by atoms with E-state index in [4.69, 9.17) is 5.11 Å². The van der Waals surface area contributed by atoms with Crippen molar-refractivity contribution in [2.75, 3.05) is 11.9 Å². The summed E-state index contributed by atoms with van der Waals surface area (Å²) in [5.41, 5.74) is 3.23. The number of aryl methyl sites for hydroxylation is 2. The van der Waals surface area contributed by atoms with Gasteiger partial charge in [0.1, 0.15) is 0 Å². The van der Waals surface area contributed by atoms with Gasteiger partial charge in [0, 0.05) is 18.3 Å². The van der Waals surface area contributed by atoms with Gasteiger partial charge in [-0.1, -0.05) is 19.9 Å². The second-order valence-electron chi connectivity index (χ2n) is 6.13. The molecule has 0 heterocycles. The summed E-state index contributed by atoms with van der Waals surface area (Å²) in [6.45, 7) is 3.87. The molecule has 3 N–H and O–H groups in total. The minimum Gasteiger partial charge on any atom is -0.396 e. The second kappa shape index (κ2) is 7.40. The van der Waals surface area contributed by atoms with Crippen LogP contribution in [0.15, 0.2) is 18.2 Å². The molecule has 5 heteroatoms. The molecule has 1 atom stereocenters. The predicted molar refractivity (Wildman–Crippen MR) is 85.6 cm³/mol. The van der Waals surface area contributed by atoms with Crippen molar-refractivity contribution in [3.05, 3.63) is 29.3 Å². The van der Waals surface area contributed by atoms with Gasteiger partial charge in [-0.15, -0.1) is 0 Å². The van der Waals surface area contributed by atoms with Crippen LogP contribution in [0.5, 0.6) is 0 Å². The summed E-state index contributed by atoms with van der Waals surface area (Å²) >= 11 is 0. The van der Waals surface area contributed by atoms with E-state index in [9.17, 15) is 9.59 Å². The quantitative estimate of drug-likeness (QED) is 0.724. The van der Waals surface area contributed by atoms with Crippen molar-refractivity contribution in [3.63, 3.8) is 0 Å². The van der Waals surface area contributed by atoms with E-state index in [1.165, 1.54) is 11.1 Å². The number of nitrogens with one attached hydrogen (secondary N) is 2. The fraction of sp³-hybridized carbons (Fsp3) is 0.529. The summed E-state index contributed by atoms with van der Waals surface area (Å²) in [5.74, 6) is -1.17. The third-order valence-corrected chi connectivity index (χ3v) is 4.12. The number of amides is 2. The number of rotatable bonds is 5. The van der Waals surface area contributed by atoms with Crippen molar-refractivity contribution in [1.29, 1.82) is 0 Å². The topological polar surface area (TPSA) is 78.4 Å². The highest BCUT2D eigenvalue weighted by Gasteiger charge is 2.21. The maximum absolute atomic E-state index is 12.0. The Morgan fingerprint density at radius 1 is 1.18 bits per heavy atom. The summed E-state index contributed by atoms with van der Waals surface area (Å²) in [7, 11) is 0. The zero-order valence-corrected chi connectivity index (χ0v) is 13.2. The van der Waals surface area contributed by atoms with Gasteiger partial charge in [0.15, 0.2) is 0 Å². The van der Waals surface area contributed by atoms with Crippen molar-refractivity contribution < 1.29 is 14.7 Å². The van der Waals surface area contributed by atoms with Crippen LogP contribution in [0.1, 0.15) is 37.8 Å². The van der Waals surface area contributed by atoms with Gasteiger partial charge in [-0.05, 0) is 54.9 Å². The second-order valence-corrected chi connectivity index (χ2v) is 6.13. The van der Waals surface area contributed by atoms with Gasteiger partial charge in [0.05, 0.1) is 0 Å². The van der Waals surface area contributed by atoms with Gasteiger partial charge in [-0.2, -0.15) is 0 Å². The molecule has 0 saturated carbocycles. The lowest BCUT2D eigenvalue weighted by atomic mass is 10.0. The molecule has 0 aromatic heterocycles. The molecule has 120 valence electrons. The Kier molecular flexibility index (Phi) is 5.55. The van der Waals surface area contributed by atoms with Gasteiger partial charge in [-0.25, -0.2) is 0 Å². The summed E-state index contributed by atoms with van der Waals surface area (Å²) in [6.07, 6.45) is 3.69. The average Bonchev–Trinajstić information content (AvgIpc) is 2.94. The highest BCUT2D eigenvalue weighted by Crippen LogP contribution is 2.24. The zero-order valence-electron chi connectivity index (χ0n) is 13.2. The monoisotopic (exact) mass is 304 g/mol. The molecule has 2 amide bonds. The van der Waals surface area contributed by atoms with Crippen LogP contribution in [0, 0.1) is 5.92 Å². The molecule has 0 saturated heterocycles. The molecule has 2 rings (SSSR count). The molecule has 0 radical (unpaired) electrons. The lowest BCUT2D eigenvalue weighted by molar-refractivity contribution is -0.136. The maximum atomic E-state index is 12.0. The van der Waals surface area contributed by atoms with Crippen molar-refractivity contribution in [1.82, 2.24) is 5.32 Å². The summed E-state index contributed by atoms with van der Waals surface area (Å²) < 4.78 is 0. The van der Waals surface area contributed by atoms with Crippen molar-refractivity contribution in [3.8, 4) is 0 Å². The molecular formula is C17H24N2O3. The molecule has 1 aromatic rings. The fourth-order valence-corrected chi connectivity index (χ4v) is 2.78. The molecule has 0 aliphatic heterocycles.